The van der Waals surface area contributed by atoms with Crippen LogP contribution in [-0.2, 0) is 9.59 Å². The summed E-state index contributed by atoms with van der Waals surface area (Å²) in [5.74, 6) is 0.987. The Morgan fingerprint density at radius 1 is 0.700 bits per heavy atom. The van der Waals surface area contributed by atoms with E-state index < -0.39 is 5.60 Å². The summed E-state index contributed by atoms with van der Waals surface area (Å²) in [6.45, 7) is 23.1. The quantitative estimate of drug-likeness (QED) is 0.0726. The van der Waals surface area contributed by atoms with Crippen molar-refractivity contribution in [2.75, 3.05) is 10.6 Å². The zero-order valence-corrected chi connectivity index (χ0v) is 34.9. The average molecular weight is 737 g/mol. The molecule has 2 aromatic rings. The van der Waals surface area contributed by atoms with Gasteiger partial charge in [-0.25, -0.2) is 9.97 Å². The summed E-state index contributed by atoms with van der Waals surface area (Å²) in [5.41, 5.74) is -0.608. The third kappa shape index (κ3) is 17.5. The zero-order chi connectivity index (χ0) is 37.7. The van der Waals surface area contributed by atoms with Crippen LogP contribution in [0.2, 0.25) is 0 Å². The van der Waals surface area contributed by atoms with E-state index in [2.05, 4.69) is 93.5 Å². The van der Waals surface area contributed by atoms with Gasteiger partial charge in [0.05, 0.1) is 17.7 Å². The third-order valence-corrected chi connectivity index (χ3v) is 11.7. The number of carbonyl (C=O) groups is 2. The molecule has 0 aliphatic rings. The topological polar surface area (TPSA) is 128 Å². The summed E-state index contributed by atoms with van der Waals surface area (Å²) >= 11 is 3.17. The fourth-order valence-electron chi connectivity index (χ4n) is 5.94. The van der Waals surface area contributed by atoms with E-state index in [0.29, 0.717) is 29.1 Å². The maximum absolute atomic E-state index is 12.7. The lowest BCUT2D eigenvalue weighted by molar-refractivity contribution is -0.119. The molecule has 0 radical (unpaired) electrons. The lowest BCUT2D eigenvalue weighted by Gasteiger charge is -2.23. The molecule has 1 unspecified atom stereocenters. The van der Waals surface area contributed by atoms with Gasteiger partial charge in [-0.3, -0.25) is 9.59 Å². The van der Waals surface area contributed by atoms with Crippen LogP contribution in [0.3, 0.4) is 0 Å². The van der Waals surface area contributed by atoms with Gasteiger partial charge in [-0.05, 0) is 96.3 Å². The minimum Gasteiger partial charge on any atom is -0.390 e. The molecule has 2 aromatic heterocycles. The van der Waals surface area contributed by atoms with Gasteiger partial charge in [0, 0.05) is 34.2 Å². The lowest BCUT2D eigenvalue weighted by Crippen LogP contribution is -2.45. The molecule has 9 nitrogen and oxygen atoms in total. The first-order chi connectivity index (χ1) is 23.8. The lowest BCUT2D eigenvalue weighted by atomic mass is 9.96. The molecule has 2 rings (SSSR count). The van der Waals surface area contributed by atoms with E-state index in [9.17, 15) is 14.7 Å². The molecule has 2 amide bonds. The number of thiazole rings is 2. The van der Waals surface area contributed by atoms with E-state index in [1.54, 1.807) is 22.7 Å². The van der Waals surface area contributed by atoms with Gasteiger partial charge in [-0.15, -0.1) is 22.7 Å². The van der Waals surface area contributed by atoms with Gasteiger partial charge in [0.1, 0.15) is 0 Å². The van der Waals surface area contributed by atoms with Crippen LogP contribution in [-0.4, -0.2) is 56.7 Å². The van der Waals surface area contributed by atoms with Crippen LogP contribution >= 0.6 is 22.7 Å². The highest BCUT2D eigenvalue weighted by atomic mass is 32.1. The summed E-state index contributed by atoms with van der Waals surface area (Å²) in [7, 11) is 0. The second kappa shape index (κ2) is 25.1. The summed E-state index contributed by atoms with van der Waals surface area (Å²) < 4.78 is 0. The van der Waals surface area contributed by atoms with Gasteiger partial charge in [0.25, 0.3) is 0 Å². The molecule has 288 valence electrons. The summed E-state index contributed by atoms with van der Waals surface area (Å²) in [6, 6.07) is 0.463. The standard InChI is InChI=1S/C21H39N3O2S.C18H33N3OS/c1-7-11-17(23-16(8-2)9-3)19(25)24-20-22-14-18(27-20)15(4)12-10-13-21(5,6)26;1-6-11-15(20-14(9-4)10-5)17(22)21-18-19-12-16(23-18)13(7-2)8-3/h14-17,23,26H,7-13H2,1-6H3,(H,22,24,25);12-15,20H,6-11H2,1-5H3,(H,19,21,22)/t15?,17-;15-/m00/s1. The number of nitrogens with one attached hydrogen (secondary N) is 4. The molecule has 0 fully saturated rings. The highest BCUT2D eigenvalue weighted by molar-refractivity contribution is 7.16. The molecule has 0 saturated carbocycles. The van der Waals surface area contributed by atoms with Crippen LogP contribution in [0.4, 0.5) is 10.3 Å². The average Bonchev–Trinajstić information content (AvgIpc) is 3.75. The summed E-state index contributed by atoms with van der Waals surface area (Å²) in [5, 5.41) is 24.2. The van der Waals surface area contributed by atoms with Crippen LogP contribution in [0, 0.1) is 0 Å². The fraction of sp³-hybridized carbons (Fsp3) is 0.795. The molecular weight excluding hydrogens is 665 g/mol. The van der Waals surface area contributed by atoms with Crippen molar-refractivity contribution in [3.05, 3.63) is 22.1 Å². The summed E-state index contributed by atoms with van der Waals surface area (Å²) in [6.07, 6.45) is 16.5. The predicted molar refractivity (Wildman–Crippen MR) is 216 cm³/mol. The largest absolute Gasteiger partial charge is 0.390 e. The molecule has 0 saturated heterocycles. The highest BCUT2D eigenvalue weighted by Crippen LogP contribution is 2.31. The Kier molecular flexibility index (Phi) is 23.2. The van der Waals surface area contributed by atoms with E-state index in [1.807, 2.05) is 26.2 Å². The second-order valence-electron chi connectivity index (χ2n) is 14.3. The number of aromatic nitrogens is 2. The molecule has 11 heteroatoms. The van der Waals surface area contributed by atoms with E-state index in [4.69, 9.17) is 0 Å². The number of anilines is 2. The number of hydrogen-bond acceptors (Lipinski definition) is 9. The molecule has 0 bridgehead atoms. The Morgan fingerprint density at radius 2 is 1.12 bits per heavy atom. The number of nitrogens with zero attached hydrogens (tertiary/aromatic N) is 2. The number of amides is 2. The first-order valence-corrected chi connectivity index (χ1v) is 21.2. The SMILES string of the molecule is CCC[C@H](NC(CC)CC)C(=O)Nc1ncc(C(C)CCCC(C)(C)O)s1.CCC[C@H](NC(CC)CC)C(=O)Nc1ncc(C(CC)CC)s1. The van der Waals surface area contributed by atoms with Crippen LogP contribution in [0.5, 0.6) is 0 Å². The van der Waals surface area contributed by atoms with Crippen LogP contribution in [0.1, 0.15) is 181 Å². The first kappa shape index (κ1) is 46.1. The normalized spacial score (nSPS) is 13.7. The molecule has 3 atom stereocenters. The molecule has 0 aromatic carbocycles. The predicted octanol–water partition coefficient (Wildman–Crippen LogP) is 10.0. The molecule has 0 aliphatic heterocycles. The summed E-state index contributed by atoms with van der Waals surface area (Å²) in [4.78, 5) is 36.5. The van der Waals surface area contributed by atoms with Gasteiger partial charge in [0.15, 0.2) is 10.3 Å². The Balaban J connectivity index is 0.000000506. The van der Waals surface area contributed by atoms with Crippen molar-refractivity contribution < 1.29 is 14.7 Å². The maximum Gasteiger partial charge on any atom is 0.243 e. The van der Waals surface area contributed by atoms with Gasteiger partial charge in [0.2, 0.25) is 11.8 Å². The van der Waals surface area contributed by atoms with Crippen LogP contribution in [0.25, 0.3) is 0 Å². The smallest absolute Gasteiger partial charge is 0.243 e. The van der Waals surface area contributed by atoms with Gasteiger partial charge in [-0.1, -0.05) is 75.2 Å². The van der Waals surface area contributed by atoms with Crippen LogP contribution < -0.4 is 21.3 Å². The monoisotopic (exact) mass is 737 g/mol. The Hall–Kier alpha value is -1.92. The number of aliphatic hydroxyl groups is 1. The number of rotatable bonds is 24. The van der Waals surface area contributed by atoms with Crippen LogP contribution in [0.15, 0.2) is 12.4 Å². The molecular formula is C39H72N6O3S2. The fourth-order valence-corrected chi connectivity index (χ4v) is 7.93. The zero-order valence-electron chi connectivity index (χ0n) is 33.3. The van der Waals surface area contributed by atoms with E-state index in [-0.39, 0.29) is 23.9 Å². The second-order valence-corrected chi connectivity index (χ2v) is 16.4. The highest BCUT2D eigenvalue weighted by Gasteiger charge is 2.23. The Morgan fingerprint density at radius 3 is 1.50 bits per heavy atom. The Bertz CT molecular complexity index is 1180. The van der Waals surface area contributed by atoms with E-state index in [0.717, 1.165) is 88.6 Å². The molecule has 0 aliphatic carbocycles. The van der Waals surface area contributed by atoms with Gasteiger partial charge in [-0.2, -0.15) is 0 Å². The molecule has 0 spiro atoms. The van der Waals surface area contributed by atoms with Crippen molar-refractivity contribution in [3.63, 3.8) is 0 Å². The van der Waals surface area contributed by atoms with Crippen molar-refractivity contribution >= 4 is 44.8 Å². The molecule has 50 heavy (non-hydrogen) atoms. The Labute approximate surface area is 313 Å². The third-order valence-electron chi connectivity index (χ3n) is 9.44. The molecule has 5 N–H and O–H groups in total. The van der Waals surface area contributed by atoms with Crippen molar-refractivity contribution in [2.24, 2.45) is 0 Å². The van der Waals surface area contributed by atoms with Crippen molar-refractivity contribution in [1.82, 2.24) is 20.6 Å². The number of hydrogen-bond donors (Lipinski definition) is 5. The van der Waals surface area contributed by atoms with Gasteiger partial charge < -0.3 is 26.4 Å². The van der Waals surface area contributed by atoms with Gasteiger partial charge >= 0.3 is 0 Å². The first-order valence-electron chi connectivity index (χ1n) is 19.6. The van der Waals surface area contributed by atoms with Crippen molar-refractivity contribution in [3.8, 4) is 0 Å². The van der Waals surface area contributed by atoms with E-state index in [1.165, 1.54) is 9.75 Å². The van der Waals surface area contributed by atoms with Crippen molar-refractivity contribution in [1.29, 1.82) is 0 Å². The minimum absolute atomic E-state index is 0.0133. The molecule has 2 heterocycles. The van der Waals surface area contributed by atoms with E-state index >= 15 is 0 Å². The van der Waals surface area contributed by atoms with Crippen molar-refractivity contribution in [2.45, 2.75) is 201 Å². The number of carbonyl (C=O) groups excluding carboxylic acids is 2. The maximum atomic E-state index is 12.7. The minimum atomic E-state index is -0.608.